The van der Waals surface area contributed by atoms with Crippen LogP contribution in [0.15, 0.2) is 90.0 Å². The van der Waals surface area contributed by atoms with Gasteiger partial charge in [0, 0.05) is 24.6 Å². The molecule has 0 aliphatic rings. The Morgan fingerprint density at radius 2 is 1.51 bits per heavy atom. The number of rotatable bonds is 7. The first-order valence-corrected chi connectivity index (χ1v) is 12.5. The van der Waals surface area contributed by atoms with E-state index in [9.17, 15) is 8.42 Å². The van der Waals surface area contributed by atoms with E-state index >= 15 is 0 Å². The number of sulfone groups is 1. The number of fused-ring (bicyclic) bond motifs is 1. The number of aromatic amines is 1. The molecule has 0 fully saturated rings. The molecule has 176 valence electrons. The second-order valence-corrected chi connectivity index (χ2v) is 9.73. The quantitative estimate of drug-likeness (QED) is 0.318. The van der Waals surface area contributed by atoms with Crippen LogP contribution in [0, 0.1) is 0 Å². The molecule has 8 nitrogen and oxygen atoms in total. The molecule has 0 unspecified atom stereocenters. The van der Waals surface area contributed by atoms with Crippen LogP contribution in [0.3, 0.4) is 0 Å². The van der Waals surface area contributed by atoms with E-state index in [0.717, 1.165) is 11.8 Å². The molecule has 9 heteroatoms. The molecule has 2 aromatic heterocycles. The minimum atomic E-state index is -3.31. The molecule has 0 radical (unpaired) electrons. The third-order valence-corrected chi connectivity index (χ3v) is 6.35. The number of pyridine rings is 1. The summed E-state index contributed by atoms with van der Waals surface area (Å²) >= 11 is 0. The van der Waals surface area contributed by atoms with Crippen LogP contribution in [-0.4, -0.2) is 36.7 Å². The van der Waals surface area contributed by atoms with Crippen molar-refractivity contribution in [3.63, 3.8) is 0 Å². The summed E-state index contributed by atoms with van der Waals surface area (Å²) in [4.78, 5) is 12.5. The van der Waals surface area contributed by atoms with E-state index in [-0.39, 0.29) is 4.90 Å². The van der Waals surface area contributed by atoms with Gasteiger partial charge in [-0.1, -0.05) is 18.2 Å². The van der Waals surface area contributed by atoms with Crippen molar-refractivity contribution in [1.82, 2.24) is 15.0 Å². The molecule has 5 rings (SSSR count). The third-order valence-electron chi connectivity index (χ3n) is 5.22. The fraction of sp³-hybridized carbons (Fsp3) is 0.0769. The highest BCUT2D eigenvalue weighted by molar-refractivity contribution is 7.90. The number of imidazole rings is 1. The summed E-state index contributed by atoms with van der Waals surface area (Å²) in [5.74, 6) is 2.95. The highest BCUT2D eigenvalue weighted by Crippen LogP contribution is 2.40. The third kappa shape index (κ3) is 4.80. The predicted molar refractivity (Wildman–Crippen MR) is 132 cm³/mol. The number of nitrogens with zero attached hydrogens (tertiary/aromatic N) is 2. The minimum absolute atomic E-state index is 0.208. The van der Waals surface area contributed by atoms with Gasteiger partial charge < -0.3 is 19.2 Å². The molecule has 2 heterocycles. The van der Waals surface area contributed by atoms with Crippen LogP contribution in [0.2, 0.25) is 0 Å². The van der Waals surface area contributed by atoms with Crippen LogP contribution < -0.4 is 14.2 Å². The largest absolute Gasteiger partial charge is 0.493 e. The molecule has 0 bridgehead atoms. The van der Waals surface area contributed by atoms with E-state index in [1.54, 1.807) is 49.7 Å². The predicted octanol–water partition coefficient (Wildman–Crippen LogP) is 5.62. The van der Waals surface area contributed by atoms with Crippen molar-refractivity contribution in [3.8, 4) is 40.3 Å². The zero-order chi connectivity index (χ0) is 24.4. The number of hydrogen-bond donors (Lipinski definition) is 1. The lowest BCUT2D eigenvalue weighted by Gasteiger charge is -2.14. The summed E-state index contributed by atoms with van der Waals surface area (Å²) in [5, 5.41) is 0. The number of methoxy groups -OCH3 is 1. The van der Waals surface area contributed by atoms with E-state index in [1.807, 2.05) is 30.3 Å². The van der Waals surface area contributed by atoms with Crippen molar-refractivity contribution in [2.75, 3.05) is 13.4 Å². The molecule has 0 atom stereocenters. The van der Waals surface area contributed by atoms with Crippen LogP contribution in [0.4, 0.5) is 0 Å². The van der Waals surface area contributed by atoms with Crippen molar-refractivity contribution < 1.29 is 22.6 Å². The Morgan fingerprint density at radius 1 is 0.800 bits per heavy atom. The van der Waals surface area contributed by atoms with Gasteiger partial charge in [0.25, 0.3) is 0 Å². The van der Waals surface area contributed by atoms with Crippen molar-refractivity contribution >= 4 is 20.9 Å². The van der Waals surface area contributed by atoms with Crippen LogP contribution in [-0.2, 0) is 9.84 Å². The van der Waals surface area contributed by atoms with E-state index in [4.69, 9.17) is 14.2 Å². The molecular formula is C26H21N3O5S. The van der Waals surface area contributed by atoms with E-state index in [1.165, 1.54) is 12.1 Å². The van der Waals surface area contributed by atoms with Crippen molar-refractivity contribution in [1.29, 1.82) is 0 Å². The van der Waals surface area contributed by atoms with Crippen molar-refractivity contribution in [2.45, 2.75) is 4.90 Å². The Balaban J connectivity index is 1.58. The number of nitrogens with one attached hydrogen (secondary N) is 1. The van der Waals surface area contributed by atoms with Gasteiger partial charge in [-0.2, -0.15) is 0 Å². The van der Waals surface area contributed by atoms with Crippen LogP contribution in [0.1, 0.15) is 0 Å². The molecule has 0 saturated heterocycles. The Bertz CT molecular complexity index is 1600. The fourth-order valence-corrected chi connectivity index (χ4v) is 4.14. The summed E-state index contributed by atoms with van der Waals surface area (Å²) in [7, 11) is -1.75. The van der Waals surface area contributed by atoms with Gasteiger partial charge in [-0.25, -0.2) is 13.4 Å². The second kappa shape index (κ2) is 9.11. The highest BCUT2D eigenvalue weighted by Gasteiger charge is 2.16. The van der Waals surface area contributed by atoms with Gasteiger partial charge in [0.1, 0.15) is 11.4 Å². The maximum absolute atomic E-state index is 11.8. The standard InChI is InChI=1S/C26H21N3O5S/c1-32-22-8-3-4-9-23(22)34-25-16-21-20(28-26(29-21)19-7-5-6-14-27-19)15-24(25)33-17-10-12-18(13-11-17)35(2,30)31/h3-16H,1-2H3,(H,28,29). The first-order chi connectivity index (χ1) is 16.9. The molecule has 0 aliphatic carbocycles. The summed E-state index contributed by atoms with van der Waals surface area (Å²) in [6.45, 7) is 0. The van der Waals surface area contributed by atoms with E-state index in [0.29, 0.717) is 45.8 Å². The van der Waals surface area contributed by atoms with E-state index < -0.39 is 9.84 Å². The first-order valence-electron chi connectivity index (χ1n) is 10.6. The number of aromatic nitrogens is 3. The molecule has 35 heavy (non-hydrogen) atoms. The summed E-state index contributed by atoms with van der Waals surface area (Å²) in [6.07, 6.45) is 2.86. The van der Waals surface area contributed by atoms with Gasteiger partial charge in [-0.15, -0.1) is 0 Å². The number of H-pyrrole nitrogens is 1. The maximum Gasteiger partial charge on any atom is 0.175 e. The monoisotopic (exact) mass is 487 g/mol. The van der Waals surface area contributed by atoms with E-state index in [2.05, 4.69) is 15.0 Å². The molecule has 0 spiro atoms. The SMILES string of the molecule is COc1ccccc1Oc1cc2nc(-c3ccccn3)[nH]c2cc1Oc1ccc(S(C)(=O)=O)cc1. The van der Waals surface area contributed by atoms with Gasteiger partial charge in [0.15, 0.2) is 38.7 Å². The molecule has 1 N–H and O–H groups in total. The Kier molecular flexibility index (Phi) is 5.84. The maximum atomic E-state index is 11.8. The zero-order valence-electron chi connectivity index (χ0n) is 18.9. The molecule has 0 saturated carbocycles. The number of para-hydroxylation sites is 2. The molecular weight excluding hydrogens is 466 g/mol. The van der Waals surface area contributed by atoms with Gasteiger partial charge in [0.05, 0.1) is 23.0 Å². The minimum Gasteiger partial charge on any atom is -0.493 e. The zero-order valence-corrected chi connectivity index (χ0v) is 19.7. The topological polar surface area (TPSA) is 103 Å². The van der Waals surface area contributed by atoms with Crippen molar-refractivity contribution in [3.05, 3.63) is 85.1 Å². The molecule has 3 aromatic carbocycles. The first kappa shape index (κ1) is 22.4. The second-order valence-electron chi connectivity index (χ2n) is 7.72. The van der Waals surface area contributed by atoms with Crippen LogP contribution >= 0.6 is 0 Å². The average Bonchev–Trinajstić information content (AvgIpc) is 3.28. The summed E-state index contributed by atoms with van der Waals surface area (Å²) in [6, 6.07) is 22.6. The number of benzene rings is 3. The summed E-state index contributed by atoms with van der Waals surface area (Å²) < 4.78 is 41.3. The molecule has 0 aliphatic heterocycles. The normalized spacial score (nSPS) is 11.4. The van der Waals surface area contributed by atoms with Gasteiger partial charge in [-0.3, -0.25) is 4.98 Å². The molecule has 5 aromatic rings. The molecule has 0 amide bonds. The lowest BCUT2D eigenvalue weighted by molar-refractivity contribution is 0.369. The van der Waals surface area contributed by atoms with Gasteiger partial charge >= 0.3 is 0 Å². The average molecular weight is 488 g/mol. The van der Waals surface area contributed by atoms with Crippen LogP contribution in [0.25, 0.3) is 22.6 Å². The highest BCUT2D eigenvalue weighted by atomic mass is 32.2. The lowest BCUT2D eigenvalue weighted by atomic mass is 10.2. The smallest absolute Gasteiger partial charge is 0.175 e. The Hall–Kier alpha value is -4.37. The Labute approximate surface area is 202 Å². The Morgan fingerprint density at radius 3 is 2.20 bits per heavy atom. The van der Waals surface area contributed by atoms with Crippen molar-refractivity contribution in [2.24, 2.45) is 0 Å². The van der Waals surface area contributed by atoms with Crippen LogP contribution in [0.5, 0.6) is 28.7 Å². The number of ether oxygens (including phenoxy) is 3. The fourth-order valence-electron chi connectivity index (χ4n) is 3.50. The number of hydrogen-bond acceptors (Lipinski definition) is 7. The summed E-state index contributed by atoms with van der Waals surface area (Å²) in [5.41, 5.74) is 2.09. The van der Waals surface area contributed by atoms with Gasteiger partial charge in [-0.05, 0) is 48.5 Å². The lowest BCUT2D eigenvalue weighted by Crippen LogP contribution is -1.97. The van der Waals surface area contributed by atoms with Gasteiger partial charge in [0.2, 0.25) is 0 Å².